The third kappa shape index (κ3) is 7.31. The van der Waals surface area contributed by atoms with Gasteiger partial charge in [-0.2, -0.15) is 13.2 Å². The Kier molecular flexibility index (Phi) is 9.51. The van der Waals surface area contributed by atoms with Crippen molar-refractivity contribution in [3.8, 4) is 0 Å². The van der Waals surface area contributed by atoms with Crippen LogP contribution in [0.4, 0.5) is 18.9 Å². The van der Waals surface area contributed by atoms with Crippen molar-refractivity contribution in [2.24, 2.45) is 5.73 Å². The van der Waals surface area contributed by atoms with Gasteiger partial charge in [-0.1, -0.05) is 25.5 Å². The first kappa shape index (κ1) is 23.2. The molecule has 0 saturated carbocycles. The molecule has 0 radical (unpaired) electrons. The summed E-state index contributed by atoms with van der Waals surface area (Å²) in [7, 11) is 0. The van der Waals surface area contributed by atoms with Crippen LogP contribution in [-0.4, -0.2) is 35.5 Å². The molecular weight excluding hydrogens is 359 g/mol. The maximum absolute atomic E-state index is 12.5. The van der Waals surface area contributed by atoms with E-state index in [1.54, 1.807) is 18.2 Å². The molecule has 3 N–H and O–H groups in total. The highest BCUT2D eigenvalue weighted by Gasteiger charge is 2.41. The summed E-state index contributed by atoms with van der Waals surface area (Å²) in [6, 6.07) is 5.69. The van der Waals surface area contributed by atoms with Crippen molar-refractivity contribution in [3.05, 3.63) is 29.8 Å². The fourth-order valence-electron chi connectivity index (χ4n) is 2.15. The smallest absolute Gasteiger partial charge is 0.331 e. The molecule has 0 bridgehead atoms. The Hall–Kier alpha value is -1.80. The first-order chi connectivity index (χ1) is 11.2. The van der Waals surface area contributed by atoms with E-state index in [-0.39, 0.29) is 31.4 Å². The van der Waals surface area contributed by atoms with Gasteiger partial charge >= 0.3 is 12.1 Å². The standard InChI is InChI=1S/C16H22F3N3O2.ClH/c1-3-6-13(20)14(23)21-12-8-5-7-11(9-12)10-22(4-2)15(24)16(17,18)19;/h5,7-9,13H,3-4,6,10,20H2,1-2H3,(H,21,23);1H. The molecule has 1 rings (SSSR count). The zero-order valence-corrected chi connectivity index (χ0v) is 14.9. The minimum Gasteiger partial charge on any atom is -0.331 e. The summed E-state index contributed by atoms with van der Waals surface area (Å²) >= 11 is 0. The van der Waals surface area contributed by atoms with Crippen molar-refractivity contribution >= 4 is 29.9 Å². The molecular formula is C16H23ClF3N3O2. The third-order valence-corrected chi connectivity index (χ3v) is 3.42. The number of benzene rings is 1. The highest BCUT2D eigenvalue weighted by molar-refractivity contribution is 5.94. The largest absolute Gasteiger partial charge is 0.471 e. The number of rotatable bonds is 7. The predicted molar refractivity (Wildman–Crippen MR) is 92.3 cm³/mol. The fraction of sp³-hybridized carbons (Fsp3) is 0.500. The molecule has 0 saturated heterocycles. The topological polar surface area (TPSA) is 75.4 Å². The van der Waals surface area contributed by atoms with Crippen LogP contribution in [0.15, 0.2) is 24.3 Å². The Balaban J connectivity index is 0.00000576. The number of anilines is 1. The lowest BCUT2D eigenvalue weighted by Gasteiger charge is -2.22. The van der Waals surface area contributed by atoms with Gasteiger partial charge in [0.2, 0.25) is 5.91 Å². The second-order valence-corrected chi connectivity index (χ2v) is 5.40. The van der Waals surface area contributed by atoms with Gasteiger partial charge in [0.05, 0.1) is 6.04 Å². The fourth-order valence-corrected chi connectivity index (χ4v) is 2.15. The quantitative estimate of drug-likeness (QED) is 0.762. The summed E-state index contributed by atoms with van der Waals surface area (Å²) < 4.78 is 37.6. The molecule has 1 aromatic carbocycles. The number of nitrogens with zero attached hydrogens (tertiary/aromatic N) is 1. The van der Waals surface area contributed by atoms with Crippen molar-refractivity contribution < 1.29 is 22.8 Å². The van der Waals surface area contributed by atoms with E-state index in [1.807, 2.05) is 6.92 Å². The molecule has 0 spiro atoms. The van der Waals surface area contributed by atoms with E-state index in [9.17, 15) is 22.8 Å². The third-order valence-electron chi connectivity index (χ3n) is 3.42. The average molecular weight is 382 g/mol. The highest BCUT2D eigenvalue weighted by Crippen LogP contribution is 2.21. The lowest BCUT2D eigenvalue weighted by atomic mass is 10.1. The van der Waals surface area contributed by atoms with Gasteiger partial charge in [-0.3, -0.25) is 9.59 Å². The maximum Gasteiger partial charge on any atom is 0.471 e. The molecule has 5 nitrogen and oxygen atoms in total. The van der Waals surface area contributed by atoms with Crippen LogP contribution in [0, 0.1) is 0 Å². The predicted octanol–water partition coefficient (Wildman–Crippen LogP) is 3.09. The van der Waals surface area contributed by atoms with Gasteiger partial charge in [0.15, 0.2) is 0 Å². The summed E-state index contributed by atoms with van der Waals surface area (Å²) in [5.74, 6) is -2.24. The maximum atomic E-state index is 12.5. The number of halogens is 4. The van der Waals surface area contributed by atoms with Crippen molar-refractivity contribution in [3.63, 3.8) is 0 Å². The Bertz CT molecular complexity index is 582. The molecule has 1 aromatic rings. The van der Waals surface area contributed by atoms with E-state index in [1.165, 1.54) is 13.0 Å². The summed E-state index contributed by atoms with van der Waals surface area (Å²) in [4.78, 5) is 23.9. The number of hydrogen-bond donors (Lipinski definition) is 2. The van der Waals surface area contributed by atoms with Gasteiger partial charge in [0.25, 0.3) is 0 Å². The monoisotopic (exact) mass is 381 g/mol. The minimum atomic E-state index is -4.91. The first-order valence-corrected chi connectivity index (χ1v) is 7.70. The van der Waals surface area contributed by atoms with Gasteiger partial charge in [0.1, 0.15) is 0 Å². The molecule has 0 heterocycles. The van der Waals surface area contributed by atoms with E-state index < -0.39 is 18.1 Å². The molecule has 0 fully saturated rings. The molecule has 1 unspecified atom stereocenters. The number of carbonyl (C=O) groups is 2. The van der Waals surface area contributed by atoms with E-state index in [2.05, 4.69) is 5.32 Å². The van der Waals surface area contributed by atoms with Crippen molar-refractivity contribution in [2.75, 3.05) is 11.9 Å². The van der Waals surface area contributed by atoms with Gasteiger partial charge in [0, 0.05) is 18.8 Å². The number of hydrogen-bond acceptors (Lipinski definition) is 3. The van der Waals surface area contributed by atoms with Gasteiger partial charge in [-0.25, -0.2) is 0 Å². The summed E-state index contributed by atoms with van der Waals surface area (Å²) in [6.07, 6.45) is -3.61. The number of nitrogens with one attached hydrogen (secondary N) is 1. The van der Waals surface area contributed by atoms with Crippen molar-refractivity contribution in [1.82, 2.24) is 4.90 Å². The van der Waals surface area contributed by atoms with Crippen LogP contribution in [-0.2, 0) is 16.1 Å². The van der Waals surface area contributed by atoms with E-state index in [0.29, 0.717) is 22.6 Å². The number of nitrogens with two attached hydrogens (primary N) is 1. The zero-order valence-electron chi connectivity index (χ0n) is 14.1. The van der Waals surface area contributed by atoms with Gasteiger partial charge < -0.3 is 16.0 Å². The molecule has 0 aromatic heterocycles. The summed E-state index contributed by atoms with van der Waals surface area (Å²) in [5.41, 5.74) is 6.63. The van der Waals surface area contributed by atoms with Crippen LogP contribution in [0.5, 0.6) is 0 Å². The molecule has 0 aliphatic heterocycles. The Morgan fingerprint density at radius 3 is 2.44 bits per heavy atom. The van der Waals surface area contributed by atoms with E-state index in [0.717, 1.165) is 6.42 Å². The highest BCUT2D eigenvalue weighted by atomic mass is 35.5. The second-order valence-electron chi connectivity index (χ2n) is 5.40. The lowest BCUT2D eigenvalue weighted by Crippen LogP contribution is -2.40. The van der Waals surface area contributed by atoms with Crippen LogP contribution < -0.4 is 11.1 Å². The van der Waals surface area contributed by atoms with E-state index >= 15 is 0 Å². The van der Waals surface area contributed by atoms with Gasteiger partial charge in [-0.15, -0.1) is 12.4 Å². The lowest BCUT2D eigenvalue weighted by molar-refractivity contribution is -0.185. The summed E-state index contributed by atoms with van der Waals surface area (Å²) in [6.45, 7) is 3.11. The number of amides is 2. The van der Waals surface area contributed by atoms with E-state index in [4.69, 9.17) is 5.73 Å². The van der Waals surface area contributed by atoms with Crippen molar-refractivity contribution in [2.45, 2.75) is 45.5 Å². The zero-order chi connectivity index (χ0) is 18.3. The van der Waals surface area contributed by atoms with Crippen molar-refractivity contribution in [1.29, 1.82) is 0 Å². The molecule has 25 heavy (non-hydrogen) atoms. The SMILES string of the molecule is CCCC(N)C(=O)Nc1cccc(CN(CC)C(=O)C(F)(F)F)c1.Cl. The Morgan fingerprint density at radius 1 is 1.28 bits per heavy atom. The molecule has 0 aliphatic carbocycles. The van der Waals surface area contributed by atoms with Crippen LogP contribution in [0.1, 0.15) is 32.3 Å². The molecule has 2 amide bonds. The molecule has 9 heteroatoms. The molecule has 0 aliphatic rings. The number of carbonyl (C=O) groups excluding carboxylic acids is 2. The molecule has 1 atom stereocenters. The second kappa shape index (κ2) is 10.2. The average Bonchev–Trinajstić information content (AvgIpc) is 2.51. The Labute approximate surface area is 151 Å². The Morgan fingerprint density at radius 2 is 1.92 bits per heavy atom. The molecule has 142 valence electrons. The minimum absolute atomic E-state index is 0. The normalized spacial score (nSPS) is 12.1. The van der Waals surface area contributed by atoms with Gasteiger partial charge in [-0.05, 0) is 31.0 Å². The van der Waals surface area contributed by atoms with Crippen LogP contribution in [0.2, 0.25) is 0 Å². The first-order valence-electron chi connectivity index (χ1n) is 7.70. The number of alkyl halides is 3. The van der Waals surface area contributed by atoms with Crippen LogP contribution in [0.3, 0.4) is 0 Å². The summed E-state index contributed by atoms with van der Waals surface area (Å²) in [5, 5.41) is 2.63. The van der Waals surface area contributed by atoms with Crippen LogP contribution >= 0.6 is 12.4 Å². The van der Waals surface area contributed by atoms with Crippen LogP contribution in [0.25, 0.3) is 0 Å².